The lowest BCUT2D eigenvalue weighted by atomic mass is 9.97. The molecule has 0 bridgehead atoms. The van der Waals surface area contributed by atoms with E-state index in [1.54, 1.807) is 26.0 Å². The third kappa shape index (κ3) is 8.17. The number of nitrogens with zero attached hydrogens (tertiary/aromatic N) is 1. The smallest absolute Gasteiger partial charge is 0.315 e. The Morgan fingerprint density at radius 2 is 1.61 bits per heavy atom. The topological polar surface area (TPSA) is 67.9 Å². The van der Waals surface area contributed by atoms with Gasteiger partial charge in [0.05, 0.1) is 13.7 Å². The minimum absolute atomic E-state index is 0.311. The van der Waals surface area contributed by atoms with Gasteiger partial charge in [0.2, 0.25) is 5.91 Å². The Bertz CT molecular complexity index is 915. The average molecular weight is 457 g/mol. The lowest BCUT2D eigenvalue weighted by Crippen LogP contribution is -2.41. The fourth-order valence-electron chi connectivity index (χ4n) is 3.96. The van der Waals surface area contributed by atoms with Gasteiger partial charge < -0.3 is 19.7 Å². The minimum Gasteiger partial charge on any atom is -0.493 e. The van der Waals surface area contributed by atoms with Crippen LogP contribution in [0.2, 0.25) is 0 Å². The summed E-state index contributed by atoms with van der Waals surface area (Å²) in [6.45, 7) is 6.26. The highest BCUT2D eigenvalue weighted by molar-refractivity contribution is 6.01. The number of anilines is 1. The number of hydrogen-bond acceptors (Lipinski definition) is 5. The number of esters is 1. The Morgan fingerprint density at radius 1 is 1.03 bits per heavy atom. The molecular formula is C26H33FN2O4. The van der Waals surface area contributed by atoms with Crippen molar-refractivity contribution in [2.24, 2.45) is 5.92 Å². The number of amides is 1. The SMILES string of the molecule is COC(=O)CC(=O)Nc1ccc(-c2ccc(OCC3CCN(CC(C)(C)F)CC3)cc2)cc1. The maximum absolute atomic E-state index is 13.8. The van der Waals surface area contributed by atoms with Gasteiger partial charge in [-0.05, 0) is 81.1 Å². The van der Waals surface area contributed by atoms with Crippen LogP contribution in [0.15, 0.2) is 48.5 Å². The Morgan fingerprint density at radius 3 is 2.15 bits per heavy atom. The van der Waals surface area contributed by atoms with Crippen LogP contribution in [-0.4, -0.2) is 55.8 Å². The zero-order valence-electron chi connectivity index (χ0n) is 19.6. The van der Waals surface area contributed by atoms with Crippen molar-refractivity contribution < 1.29 is 23.5 Å². The molecule has 0 radical (unpaired) electrons. The number of likely N-dealkylation sites (tertiary alicyclic amines) is 1. The molecule has 1 aliphatic rings. The van der Waals surface area contributed by atoms with E-state index >= 15 is 0 Å². The lowest BCUT2D eigenvalue weighted by Gasteiger charge is -2.34. The van der Waals surface area contributed by atoms with Crippen LogP contribution < -0.4 is 10.1 Å². The first-order chi connectivity index (χ1) is 15.7. The van der Waals surface area contributed by atoms with Crippen LogP contribution in [0, 0.1) is 5.92 Å². The summed E-state index contributed by atoms with van der Waals surface area (Å²) in [6.07, 6.45) is 1.74. The summed E-state index contributed by atoms with van der Waals surface area (Å²) >= 11 is 0. The largest absolute Gasteiger partial charge is 0.493 e. The van der Waals surface area contributed by atoms with Gasteiger partial charge in [0, 0.05) is 12.2 Å². The summed E-state index contributed by atoms with van der Waals surface area (Å²) in [4.78, 5) is 25.1. The lowest BCUT2D eigenvalue weighted by molar-refractivity contribution is -0.142. The summed E-state index contributed by atoms with van der Waals surface area (Å²) < 4.78 is 24.3. The molecule has 0 unspecified atom stereocenters. The first-order valence-corrected chi connectivity index (χ1v) is 11.3. The number of carbonyl (C=O) groups is 2. The van der Waals surface area contributed by atoms with Gasteiger partial charge in [-0.25, -0.2) is 4.39 Å². The molecule has 0 spiro atoms. The van der Waals surface area contributed by atoms with E-state index in [0.29, 0.717) is 24.8 Å². The Hall–Kier alpha value is -2.93. The van der Waals surface area contributed by atoms with Gasteiger partial charge in [-0.3, -0.25) is 9.59 Å². The van der Waals surface area contributed by atoms with Gasteiger partial charge in [-0.15, -0.1) is 0 Å². The molecule has 2 aromatic carbocycles. The van der Waals surface area contributed by atoms with E-state index in [1.165, 1.54) is 7.11 Å². The summed E-state index contributed by atoms with van der Waals surface area (Å²) in [5, 5.41) is 2.68. The number of halogens is 1. The second kappa shape index (κ2) is 11.3. The van der Waals surface area contributed by atoms with E-state index in [-0.39, 0.29) is 6.42 Å². The molecule has 1 aliphatic heterocycles. The molecule has 1 fully saturated rings. The van der Waals surface area contributed by atoms with Gasteiger partial charge in [0.15, 0.2) is 0 Å². The van der Waals surface area contributed by atoms with Crippen LogP contribution >= 0.6 is 0 Å². The van der Waals surface area contributed by atoms with Crippen molar-refractivity contribution in [1.29, 1.82) is 0 Å². The van der Waals surface area contributed by atoms with Gasteiger partial charge in [0.1, 0.15) is 17.8 Å². The van der Waals surface area contributed by atoms with Gasteiger partial charge in [0.25, 0.3) is 0 Å². The molecule has 0 aliphatic carbocycles. The fourth-order valence-corrected chi connectivity index (χ4v) is 3.96. The van der Waals surface area contributed by atoms with E-state index in [2.05, 4.69) is 15.0 Å². The van der Waals surface area contributed by atoms with Crippen molar-refractivity contribution in [3.63, 3.8) is 0 Å². The number of rotatable bonds is 9. The standard InChI is InChI=1S/C26H33FN2O4/c1-26(2,27)18-29-14-12-19(13-15-29)17-33-23-10-6-21(7-11-23)20-4-8-22(9-5-20)28-24(30)16-25(31)32-3/h4-11,19H,12-18H2,1-3H3,(H,28,30). The normalized spacial score (nSPS) is 15.2. The summed E-state index contributed by atoms with van der Waals surface area (Å²) in [6, 6.07) is 15.4. The first-order valence-electron chi connectivity index (χ1n) is 11.3. The Kier molecular flexibility index (Phi) is 8.44. The van der Waals surface area contributed by atoms with Crippen LogP contribution in [0.4, 0.5) is 10.1 Å². The molecule has 0 atom stereocenters. The van der Waals surface area contributed by atoms with Crippen LogP contribution in [-0.2, 0) is 14.3 Å². The molecule has 1 heterocycles. The summed E-state index contributed by atoms with van der Waals surface area (Å²) in [5.74, 6) is 0.342. The Balaban J connectivity index is 1.45. The number of hydrogen-bond donors (Lipinski definition) is 1. The highest BCUT2D eigenvalue weighted by atomic mass is 19.1. The van der Waals surface area contributed by atoms with Crippen LogP contribution in [0.3, 0.4) is 0 Å². The van der Waals surface area contributed by atoms with Crippen molar-refractivity contribution in [2.75, 3.05) is 38.7 Å². The number of ether oxygens (including phenoxy) is 2. The Labute approximate surface area is 195 Å². The molecule has 3 rings (SSSR count). The quantitative estimate of drug-likeness (QED) is 0.438. The number of carbonyl (C=O) groups excluding carboxylic acids is 2. The first kappa shape index (κ1) is 24.7. The monoisotopic (exact) mass is 456 g/mol. The third-order valence-electron chi connectivity index (χ3n) is 5.68. The number of benzene rings is 2. The number of alkyl halides is 1. The van der Waals surface area contributed by atoms with Crippen LogP contribution in [0.25, 0.3) is 11.1 Å². The zero-order chi connectivity index (χ0) is 23.8. The molecule has 2 aromatic rings. The second-order valence-corrected chi connectivity index (χ2v) is 9.15. The van der Waals surface area contributed by atoms with Crippen molar-refractivity contribution in [3.05, 3.63) is 48.5 Å². The van der Waals surface area contributed by atoms with Gasteiger partial charge >= 0.3 is 5.97 Å². The molecule has 33 heavy (non-hydrogen) atoms. The van der Waals surface area contributed by atoms with E-state index in [9.17, 15) is 14.0 Å². The molecule has 7 heteroatoms. The van der Waals surface area contributed by atoms with E-state index in [1.807, 2.05) is 36.4 Å². The van der Waals surface area contributed by atoms with Crippen LogP contribution in [0.1, 0.15) is 33.1 Å². The number of nitrogens with one attached hydrogen (secondary N) is 1. The van der Waals surface area contributed by atoms with E-state index < -0.39 is 17.5 Å². The third-order valence-corrected chi connectivity index (χ3v) is 5.68. The number of piperidine rings is 1. The van der Waals surface area contributed by atoms with Crippen molar-refractivity contribution in [1.82, 2.24) is 4.90 Å². The molecular weight excluding hydrogens is 423 g/mol. The molecule has 1 amide bonds. The van der Waals surface area contributed by atoms with Crippen LogP contribution in [0.5, 0.6) is 5.75 Å². The molecule has 1 saturated heterocycles. The zero-order valence-corrected chi connectivity index (χ0v) is 19.6. The summed E-state index contributed by atoms with van der Waals surface area (Å²) in [7, 11) is 1.25. The highest BCUT2D eigenvalue weighted by Gasteiger charge is 2.25. The molecule has 6 nitrogen and oxygen atoms in total. The maximum atomic E-state index is 13.8. The van der Waals surface area contributed by atoms with Crippen molar-refractivity contribution in [2.45, 2.75) is 38.8 Å². The predicted molar refractivity (Wildman–Crippen MR) is 127 cm³/mol. The molecule has 0 aromatic heterocycles. The summed E-state index contributed by atoms with van der Waals surface area (Å²) in [5.41, 5.74) is 1.52. The molecule has 0 saturated carbocycles. The van der Waals surface area contributed by atoms with Crippen molar-refractivity contribution >= 4 is 17.6 Å². The fraction of sp³-hybridized carbons (Fsp3) is 0.462. The van der Waals surface area contributed by atoms with E-state index in [0.717, 1.165) is 42.8 Å². The van der Waals surface area contributed by atoms with E-state index in [4.69, 9.17) is 4.74 Å². The predicted octanol–water partition coefficient (Wildman–Crippen LogP) is 4.69. The molecule has 1 N–H and O–H groups in total. The number of methoxy groups -OCH3 is 1. The van der Waals surface area contributed by atoms with Gasteiger partial charge in [-0.1, -0.05) is 24.3 Å². The molecule has 178 valence electrons. The minimum atomic E-state index is -1.15. The average Bonchev–Trinajstić information content (AvgIpc) is 2.78. The van der Waals surface area contributed by atoms with Crippen molar-refractivity contribution in [3.8, 4) is 16.9 Å². The highest BCUT2D eigenvalue weighted by Crippen LogP contribution is 2.26. The maximum Gasteiger partial charge on any atom is 0.315 e. The second-order valence-electron chi connectivity index (χ2n) is 9.15. The van der Waals surface area contributed by atoms with Gasteiger partial charge in [-0.2, -0.15) is 0 Å².